The zero-order chi connectivity index (χ0) is 9.80. The first-order valence-corrected chi connectivity index (χ1v) is 5.29. The molecule has 0 amide bonds. The summed E-state index contributed by atoms with van der Waals surface area (Å²) in [4.78, 5) is 0. The summed E-state index contributed by atoms with van der Waals surface area (Å²) in [7, 11) is 1.96. The van der Waals surface area contributed by atoms with Crippen LogP contribution >= 0.6 is 0 Å². The fourth-order valence-corrected chi connectivity index (χ4v) is 1.89. The smallest absolute Gasteiger partial charge is 0.123 e. The molecule has 4 nitrogen and oxygen atoms in total. The highest BCUT2D eigenvalue weighted by Gasteiger charge is 2.12. The summed E-state index contributed by atoms with van der Waals surface area (Å²) in [6.45, 7) is 3.37. The molecule has 0 aliphatic carbocycles. The molecule has 14 heavy (non-hydrogen) atoms. The average molecular weight is 194 g/mol. The van der Waals surface area contributed by atoms with E-state index >= 15 is 0 Å². The standard InChI is InChI=1S/C10H18N4/c1-14-10(4-6-13-14)12-8-9-3-2-5-11-7-9/h4,6,9,11-12H,2-3,5,7-8H2,1H3. The molecule has 1 aliphatic heterocycles. The zero-order valence-electron chi connectivity index (χ0n) is 8.66. The Morgan fingerprint density at radius 2 is 2.64 bits per heavy atom. The second-order valence-electron chi connectivity index (χ2n) is 3.93. The van der Waals surface area contributed by atoms with Gasteiger partial charge in [0, 0.05) is 19.7 Å². The molecule has 1 aromatic heterocycles. The van der Waals surface area contributed by atoms with Crippen LogP contribution in [0.25, 0.3) is 0 Å². The molecule has 1 atom stereocenters. The van der Waals surface area contributed by atoms with Crippen molar-refractivity contribution >= 4 is 5.82 Å². The number of nitrogens with one attached hydrogen (secondary N) is 2. The van der Waals surface area contributed by atoms with Crippen molar-refractivity contribution in [2.45, 2.75) is 12.8 Å². The first-order valence-electron chi connectivity index (χ1n) is 5.29. The predicted octanol–water partition coefficient (Wildman–Crippen LogP) is 0.832. The lowest BCUT2D eigenvalue weighted by Crippen LogP contribution is -2.33. The molecule has 1 aromatic rings. The summed E-state index contributed by atoms with van der Waals surface area (Å²) < 4.78 is 1.87. The van der Waals surface area contributed by atoms with E-state index < -0.39 is 0 Å². The molecular weight excluding hydrogens is 176 g/mol. The second-order valence-corrected chi connectivity index (χ2v) is 3.93. The van der Waals surface area contributed by atoms with Crippen LogP contribution in [0.1, 0.15) is 12.8 Å². The van der Waals surface area contributed by atoms with Gasteiger partial charge in [-0.2, -0.15) is 5.10 Å². The van der Waals surface area contributed by atoms with E-state index in [1.54, 1.807) is 0 Å². The Bertz CT molecular complexity index is 275. The number of aromatic nitrogens is 2. The SMILES string of the molecule is Cn1nccc1NCC1CCCNC1. The highest BCUT2D eigenvalue weighted by atomic mass is 15.3. The minimum Gasteiger partial charge on any atom is -0.370 e. The molecular formula is C10H18N4. The average Bonchev–Trinajstić information content (AvgIpc) is 2.63. The van der Waals surface area contributed by atoms with Gasteiger partial charge in [-0.3, -0.25) is 4.68 Å². The number of anilines is 1. The third-order valence-corrected chi connectivity index (χ3v) is 2.79. The van der Waals surface area contributed by atoms with E-state index in [-0.39, 0.29) is 0 Å². The fraction of sp³-hybridized carbons (Fsp3) is 0.700. The molecule has 0 aromatic carbocycles. The Labute approximate surface area is 84.7 Å². The van der Waals surface area contributed by atoms with Gasteiger partial charge in [0.1, 0.15) is 5.82 Å². The summed E-state index contributed by atoms with van der Waals surface area (Å²) in [5.41, 5.74) is 0. The van der Waals surface area contributed by atoms with E-state index in [4.69, 9.17) is 0 Å². The van der Waals surface area contributed by atoms with Gasteiger partial charge < -0.3 is 10.6 Å². The van der Waals surface area contributed by atoms with Crippen LogP contribution in [0.3, 0.4) is 0 Å². The molecule has 2 rings (SSSR count). The van der Waals surface area contributed by atoms with Gasteiger partial charge in [-0.15, -0.1) is 0 Å². The van der Waals surface area contributed by atoms with Gasteiger partial charge in [-0.25, -0.2) is 0 Å². The summed E-state index contributed by atoms with van der Waals surface area (Å²) in [5.74, 6) is 1.87. The number of nitrogens with zero attached hydrogens (tertiary/aromatic N) is 2. The Hall–Kier alpha value is -1.03. The molecule has 1 aliphatic rings. The third kappa shape index (κ3) is 2.26. The van der Waals surface area contributed by atoms with Crippen LogP contribution in [-0.4, -0.2) is 29.4 Å². The Morgan fingerprint density at radius 3 is 3.29 bits per heavy atom. The molecule has 78 valence electrons. The van der Waals surface area contributed by atoms with Crippen molar-refractivity contribution in [3.05, 3.63) is 12.3 Å². The maximum atomic E-state index is 4.12. The lowest BCUT2D eigenvalue weighted by molar-refractivity contribution is 0.392. The molecule has 1 saturated heterocycles. The Morgan fingerprint density at radius 1 is 1.71 bits per heavy atom. The summed E-state index contributed by atoms with van der Waals surface area (Å²) in [6, 6.07) is 2.01. The maximum absolute atomic E-state index is 4.12. The zero-order valence-corrected chi connectivity index (χ0v) is 8.66. The number of piperidine rings is 1. The van der Waals surface area contributed by atoms with Crippen molar-refractivity contribution in [3.63, 3.8) is 0 Å². The topological polar surface area (TPSA) is 41.9 Å². The van der Waals surface area contributed by atoms with E-state index in [9.17, 15) is 0 Å². The minimum atomic E-state index is 0.763. The molecule has 0 spiro atoms. The second kappa shape index (κ2) is 4.46. The summed E-state index contributed by atoms with van der Waals surface area (Å²) >= 11 is 0. The molecule has 0 radical (unpaired) electrons. The van der Waals surface area contributed by atoms with Gasteiger partial charge in [0.15, 0.2) is 0 Å². The van der Waals surface area contributed by atoms with Crippen molar-refractivity contribution in [3.8, 4) is 0 Å². The quantitative estimate of drug-likeness (QED) is 0.749. The van der Waals surface area contributed by atoms with Crippen molar-refractivity contribution in [1.82, 2.24) is 15.1 Å². The van der Waals surface area contributed by atoms with Crippen LogP contribution in [0.4, 0.5) is 5.82 Å². The molecule has 0 bridgehead atoms. The van der Waals surface area contributed by atoms with E-state index in [0.717, 1.165) is 24.8 Å². The van der Waals surface area contributed by atoms with Crippen molar-refractivity contribution < 1.29 is 0 Å². The molecule has 4 heteroatoms. The highest BCUT2D eigenvalue weighted by molar-refractivity contribution is 5.33. The molecule has 1 unspecified atom stereocenters. The molecule has 0 saturated carbocycles. The Balaban J connectivity index is 1.79. The lowest BCUT2D eigenvalue weighted by Gasteiger charge is -2.23. The van der Waals surface area contributed by atoms with Crippen LogP contribution in [0.5, 0.6) is 0 Å². The minimum absolute atomic E-state index is 0.763. The van der Waals surface area contributed by atoms with Crippen molar-refractivity contribution in [1.29, 1.82) is 0 Å². The lowest BCUT2D eigenvalue weighted by atomic mass is 10.00. The Kier molecular flexibility index (Phi) is 3.03. The highest BCUT2D eigenvalue weighted by Crippen LogP contribution is 2.11. The molecule has 1 fully saturated rings. The number of hydrogen-bond acceptors (Lipinski definition) is 3. The fourth-order valence-electron chi connectivity index (χ4n) is 1.89. The first-order chi connectivity index (χ1) is 6.86. The number of aryl methyl sites for hydroxylation is 1. The van der Waals surface area contributed by atoms with E-state index in [1.807, 2.05) is 24.0 Å². The van der Waals surface area contributed by atoms with Crippen LogP contribution in [-0.2, 0) is 7.05 Å². The van der Waals surface area contributed by atoms with Crippen LogP contribution in [0, 0.1) is 5.92 Å². The van der Waals surface area contributed by atoms with E-state index in [1.165, 1.54) is 19.4 Å². The van der Waals surface area contributed by atoms with E-state index in [2.05, 4.69) is 15.7 Å². The van der Waals surface area contributed by atoms with Gasteiger partial charge in [-0.05, 0) is 31.8 Å². The molecule has 2 heterocycles. The summed E-state index contributed by atoms with van der Waals surface area (Å²) in [6.07, 6.45) is 4.46. The normalized spacial score (nSPS) is 22.2. The van der Waals surface area contributed by atoms with Gasteiger partial charge in [-0.1, -0.05) is 0 Å². The van der Waals surface area contributed by atoms with Crippen molar-refractivity contribution in [2.75, 3.05) is 25.0 Å². The van der Waals surface area contributed by atoms with Gasteiger partial charge in [0.25, 0.3) is 0 Å². The molecule has 2 N–H and O–H groups in total. The third-order valence-electron chi connectivity index (χ3n) is 2.79. The predicted molar refractivity (Wildman–Crippen MR) is 57.3 cm³/mol. The van der Waals surface area contributed by atoms with Gasteiger partial charge >= 0.3 is 0 Å². The van der Waals surface area contributed by atoms with Crippen LogP contribution < -0.4 is 10.6 Å². The largest absolute Gasteiger partial charge is 0.370 e. The summed E-state index contributed by atoms with van der Waals surface area (Å²) in [5, 5.41) is 11.0. The van der Waals surface area contributed by atoms with Crippen LogP contribution in [0.2, 0.25) is 0 Å². The maximum Gasteiger partial charge on any atom is 0.123 e. The first kappa shape index (κ1) is 9.52. The monoisotopic (exact) mass is 194 g/mol. The number of hydrogen-bond donors (Lipinski definition) is 2. The van der Waals surface area contributed by atoms with Gasteiger partial charge in [0.2, 0.25) is 0 Å². The number of rotatable bonds is 3. The van der Waals surface area contributed by atoms with E-state index in [0.29, 0.717) is 0 Å². The van der Waals surface area contributed by atoms with Gasteiger partial charge in [0.05, 0.1) is 6.20 Å². The van der Waals surface area contributed by atoms with Crippen molar-refractivity contribution in [2.24, 2.45) is 13.0 Å². The van der Waals surface area contributed by atoms with Crippen LogP contribution in [0.15, 0.2) is 12.3 Å².